The predicted molar refractivity (Wildman–Crippen MR) is 87.9 cm³/mol. The van der Waals surface area contributed by atoms with Crippen molar-refractivity contribution in [2.45, 2.75) is 6.54 Å². The molecule has 0 unspecified atom stereocenters. The van der Waals surface area contributed by atoms with Crippen LogP contribution in [-0.2, 0) is 6.54 Å². The lowest BCUT2D eigenvalue weighted by atomic mass is 10.1. The number of aromatic hydroxyl groups is 1. The maximum absolute atomic E-state index is 9.62. The van der Waals surface area contributed by atoms with E-state index in [9.17, 15) is 5.11 Å². The van der Waals surface area contributed by atoms with E-state index < -0.39 is 0 Å². The summed E-state index contributed by atoms with van der Waals surface area (Å²) < 4.78 is 0. The van der Waals surface area contributed by atoms with E-state index in [0.717, 1.165) is 11.1 Å². The van der Waals surface area contributed by atoms with Gasteiger partial charge in [-0.05, 0) is 29.8 Å². The summed E-state index contributed by atoms with van der Waals surface area (Å²) in [6.45, 7) is 0.613. The SMILES string of the molecule is Oc1cccc(-c2nccnc2NCc2ccc(Cl)cc2)c1. The van der Waals surface area contributed by atoms with Crippen LogP contribution in [0.4, 0.5) is 5.82 Å². The van der Waals surface area contributed by atoms with Gasteiger partial charge < -0.3 is 10.4 Å². The quantitative estimate of drug-likeness (QED) is 0.761. The predicted octanol–water partition coefficient (Wildman–Crippen LogP) is 4.11. The molecule has 0 bridgehead atoms. The topological polar surface area (TPSA) is 58.0 Å². The maximum atomic E-state index is 9.62. The fourth-order valence-electron chi connectivity index (χ4n) is 2.12. The first-order chi connectivity index (χ1) is 10.7. The highest BCUT2D eigenvalue weighted by Gasteiger charge is 2.08. The van der Waals surface area contributed by atoms with Crippen LogP contribution in [0.25, 0.3) is 11.3 Å². The minimum Gasteiger partial charge on any atom is -0.508 e. The Labute approximate surface area is 133 Å². The first-order valence-electron chi connectivity index (χ1n) is 6.81. The standard InChI is InChI=1S/C17H14ClN3O/c18-14-6-4-12(5-7-14)11-21-17-16(19-8-9-20-17)13-2-1-3-15(22)10-13/h1-10,22H,11H2,(H,20,21). The summed E-state index contributed by atoms with van der Waals surface area (Å²) in [5.74, 6) is 0.870. The largest absolute Gasteiger partial charge is 0.508 e. The van der Waals surface area contributed by atoms with Crippen LogP contribution in [0, 0.1) is 0 Å². The van der Waals surface area contributed by atoms with Crippen molar-refractivity contribution in [3.05, 3.63) is 71.5 Å². The average Bonchev–Trinajstić information content (AvgIpc) is 2.55. The van der Waals surface area contributed by atoms with Crippen LogP contribution in [0.2, 0.25) is 5.02 Å². The molecule has 110 valence electrons. The second kappa shape index (κ2) is 6.45. The molecule has 5 heteroatoms. The van der Waals surface area contributed by atoms with Gasteiger partial charge in [0.2, 0.25) is 0 Å². The van der Waals surface area contributed by atoms with E-state index in [4.69, 9.17) is 11.6 Å². The Hall–Kier alpha value is -2.59. The van der Waals surface area contributed by atoms with Gasteiger partial charge in [-0.15, -0.1) is 0 Å². The number of phenols is 1. The van der Waals surface area contributed by atoms with Crippen molar-refractivity contribution in [2.24, 2.45) is 0 Å². The molecule has 0 aliphatic rings. The van der Waals surface area contributed by atoms with E-state index in [0.29, 0.717) is 23.1 Å². The van der Waals surface area contributed by atoms with Gasteiger partial charge in [-0.1, -0.05) is 35.9 Å². The number of benzene rings is 2. The molecule has 3 rings (SSSR count). The lowest BCUT2D eigenvalue weighted by molar-refractivity contribution is 0.475. The van der Waals surface area contributed by atoms with Gasteiger partial charge in [-0.3, -0.25) is 4.98 Å². The van der Waals surface area contributed by atoms with E-state index in [-0.39, 0.29) is 5.75 Å². The van der Waals surface area contributed by atoms with Crippen LogP contribution in [0.3, 0.4) is 0 Å². The van der Waals surface area contributed by atoms with Gasteiger partial charge in [-0.25, -0.2) is 4.98 Å². The highest BCUT2D eigenvalue weighted by atomic mass is 35.5. The molecule has 0 amide bonds. The first-order valence-corrected chi connectivity index (χ1v) is 7.19. The second-order valence-electron chi connectivity index (χ2n) is 4.78. The Morgan fingerprint density at radius 1 is 1.00 bits per heavy atom. The zero-order chi connectivity index (χ0) is 15.4. The van der Waals surface area contributed by atoms with Crippen molar-refractivity contribution in [3.63, 3.8) is 0 Å². The van der Waals surface area contributed by atoms with Gasteiger partial charge in [0.15, 0.2) is 5.82 Å². The molecule has 0 saturated carbocycles. The summed E-state index contributed by atoms with van der Waals surface area (Å²) in [5, 5.41) is 13.6. The molecule has 0 fully saturated rings. The van der Waals surface area contributed by atoms with Gasteiger partial charge in [0.1, 0.15) is 11.4 Å². The fraction of sp³-hybridized carbons (Fsp3) is 0.0588. The second-order valence-corrected chi connectivity index (χ2v) is 5.22. The van der Waals surface area contributed by atoms with E-state index in [2.05, 4.69) is 15.3 Å². The van der Waals surface area contributed by atoms with Crippen LogP contribution < -0.4 is 5.32 Å². The monoisotopic (exact) mass is 311 g/mol. The highest BCUT2D eigenvalue weighted by Crippen LogP contribution is 2.26. The summed E-state index contributed by atoms with van der Waals surface area (Å²) in [7, 11) is 0. The zero-order valence-electron chi connectivity index (χ0n) is 11.7. The number of aromatic nitrogens is 2. The van der Waals surface area contributed by atoms with Crippen molar-refractivity contribution < 1.29 is 5.11 Å². The van der Waals surface area contributed by atoms with Crippen LogP contribution in [0.15, 0.2) is 60.9 Å². The van der Waals surface area contributed by atoms with Crippen molar-refractivity contribution in [2.75, 3.05) is 5.32 Å². The molecule has 0 radical (unpaired) electrons. The highest BCUT2D eigenvalue weighted by molar-refractivity contribution is 6.30. The Morgan fingerprint density at radius 3 is 2.55 bits per heavy atom. The molecule has 0 spiro atoms. The summed E-state index contributed by atoms with van der Waals surface area (Å²) >= 11 is 5.88. The van der Waals surface area contributed by atoms with Crippen molar-refractivity contribution >= 4 is 17.4 Å². The zero-order valence-corrected chi connectivity index (χ0v) is 12.5. The summed E-state index contributed by atoms with van der Waals surface area (Å²) in [4.78, 5) is 8.70. The van der Waals surface area contributed by atoms with E-state index in [1.54, 1.807) is 30.6 Å². The summed E-state index contributed by atoms with van der Waals surface area (Å²) in [5.41, 5.74) is 2.61. The van der Waals surface area contributed by atoms with Crippen molar-refractivity contribution in [1.29, 1.82) is 0 Å². The van der Waals surface area contributed by atoms with Gasteiger partial charge in [-0.2, -0.15) is 0 Å². The van der Waals surface area contributed by atoms with Crippen molar-refractivity contribution in [1.82, 2.24) is 9.97 Å². The molecule has 0 atom stereocenters. The van der Waals surface area contributed by atoms with Crippen LogP contribution in [0.1, 0.15) is 5.56 Å². The number of hydrogen-bond acceptors (Lipinski definition) is 4. The lowest BCUT2D eigenvalue weighted by Crippen LogP contribution is -2.04. The normalized spacial score (nSPS) is 10.4. The third-order valence-corrected chi connectivity index (χ3v) is 3.44. The van der Waals surface area contributed by atoms with Gasteiger partial charge in [0.25, 0.3) is 0 Å². The molecule has 1 aromatic heterocycles. The number of nitrogens with zero attached hydrogens (tertiary/aromatic N) is 2. The number of phenolic OH excluding ortho intramolecular Hbond substituents is 1. The minimum absolute atomic E-state index is 0.201. The smallest absolute Gasteiger partial charge is 0.152 e. The number of rotatable bonds is 4. The van der Waals surface area contributed by atoms with E-state index in [1.165, 1.54) is 0 Å². The first kappa shape index (κ1) is 14.4. The lowest BCUT2D eigenvalue weighted by Gasteiger charge is -2.10. The summed E-state index contributed by atoms with van der Waals surface area (Å²) in [6, 6.07) is 14.6. The Bertz CT molecular complexity index is 775. The number of halogens is 1. The fourth-order valence-corrected chi connectivity index (χ4v) is 2.25. The molecule has 2 N–H and O–H groups in total. The Kier molecular flexibility index (Phi) is 4.21. The molecule has 1 heterocycles. The molecule has 0 saturated heterocycles. The molecular weight excluding hydrogens is 298 g/mol. The van der Waals surface area contributed by atoms with Crippen LogP contribution >= 0.6 is 11.6 Å². The molecule has 4 nitrogen and oxygen atoms in total. The molecule has 3 aromatic rings. The average molecular weight is 312 g/mol. The maximum Gasteiger partial charge on any atom is 0.152 e. The molecular formula is C17H14ClN3O. The van der Waals surface area contributed by atoms with Gasteiger partial charge >= 0.3 is 0 Å². The molecule has 0 aliphatic carbocycles. The number of nitrogens with one attached hydrogen (secondary N) is 1. The number of anilines is 1. The van der Waals surface area contributed by atoms with Crippen LogP contribution in [0.5, 0.6) is 5.75 Å². The Morgan fingerprint density at radius 2 is 1.77 bits per heavy atom. The van der Waals surface area contributed by atoms with Gasteiger partial charge in [0.05, 0.1) is 0 Å². The van der Waals surface area contributed by atoms with E-state index in [1.807, 2.05) is 30.3 Å². The Balaban J connectivity index is 1.84. The third kappa shape index (κ3) is 3.35. The van der Waals surface area contributed by atoms with Gasteiger partial charge in [0, 0.05) is 29.5 Å². The van der Waals surface area contributed by atoms with Crippen molar-refractivity contribution in [3.8, 4) is 17.0 Å². The summed E-state index contributed by atoms with van der Waals surface area (Å²) in [6.07, 6.45) is 3.27. The minimum atomic E-state index is 0.201. The van der Waals surface area contributed by atoms with E-state index >= 15 is 0 Å². The number of hydrogen-bond donors (Lipinski definition) is 2. The third-order valence-electron chi connectivity index (χ3n) is 3.19. The molecule has 2 aromatic carbocycles. The molecule has 0 aliphatic heterocycles. The molecule has 22 heavy (non-hydrogen) atoms. The van der Waals surface area contributed by atoms with Crippen LogP contribution in [-0.4, -0.2) is 15.1 Å².